The van der Waals surface area contributed by atoms with Crippen molar-refractivity contribution in [2.24, 2.45) is 5.92 Å². The number of piperidine rings is 1. The van der Waals surface area contributed by atoms with Crippen molar-refractivity contribution in [3.8, 4) is 6.07 Å². The van der Waals surface area contributed by atoms with Crippen LogP contribution in [0.4, 0.5) is 19.0 Å². The second-order valence-corrected chi connectivity index (χ2v) is 8.33. The molecule has 5 nitrogen and oxygen atoms in total. The first-order chi connectivity index (χ1) is 15.3. The Morgan fingerprint density at radius 3 is 2.61 bits per heavy atom. The van der Waals surface area contributed by atoms with Crippen LogP contribution in [-0.4, -0.2) is 41.5 Å². The van der Waals surface area contributed by atoms with Gasteiger partial charge in [-0.05, 0) is 61.7 Å². The lowest BCUT2D eigenvalue weighted by Crippen LogP contribution is -2.38. The molecule has 1 aliphatic heterocycles. The van der Waals surface area contributed by atoms with Crippen molar-refractivity contribution in [3.05, 3.63) is 65.5 Å². The Morgan fingerprint density at radius 1 is 1.15 bits per heavy atom. The van der Waals surface area contributed by atoms with Gasteiger partial charge in [-0.15, -0.1) is 12.4 Å². The van der Waals surface area contributed by atoms with Gasteiger partial charge in [0.2, 0.25) is 0 Å². The molecule has 33 heavy (non-hydrogen) atoms. The molecule has 4 rings (SSSR count). The molecule has 0 N–H and O–H groups in total. The number of benzene rings is 1. The molecule has 1 aliphatic rings. The lowest BCUT2D eigenvalue weighted by molar-refractivity contribution is -0.140. The summed E-state index contributed by atoms with van der Waals surface area (Å²) in [4.78, 5) is 12.7. The van der Waals surface area contributed by atoms with E-state index in [1.54, 1.807) is 6.07 Å². The number of pyridine rings is 2. The SMILES string of the molecule is CN(Cc1cccc(C#N)c1)CC1CCN(c2nccc3nc(C(F)(F)F)ccc23)CC1.Cl. The average molecular weight is 476 g/mol. The molecule has 1 saturated heterocycles. The molecule has 0 bridgehead atoms. The smallest absolute Gasteiger partial charge is 0.356 e. The summed E-state index contributed by atoms with van der Waals surface area (Å²) in [6.07, 6.45) is -0.971. The van der Waals surface area contributed by atoms with Crippen molar-refractivity contribution in [1.29, 1.82) is 5.26 Å². The molecule has 0 atom stereocenters. The third kappa shape index (κ3) is 5.92. The molecule has 0 aliphatic carbocycles. The number of nitrogens with zero attached hydrogens (tertiary/aromatic N) is 5. The van der Waals surface area contributed by atoms with E-state index in [1.807, 2.05) is 18.2 Å². The van der Waals surface area contributed by atoms with Crippen LogP contribution in [0.1, 0.15) is 29.7 Å². The van der Waals surface area contributed by atoms with E-state index in [4.69, 9.17) is 5.26 Å². The fourth-order valence-electron chi connectivity index (χ4n) is 4.33. The molecule has 2 aromatic heterocycles. The van der Waals surface area contributed by atoms with E-state index in [9.17, 15) is 13.2 Å². The maximum Gasteiger partial charge on any atom is 0.433 e. The summed E-state index contributed by atoms with van der Waals surface area (Å²) < 4.78 is 39.0. The fraction of sp³-hybridized carbons (Fsp3) is 0.375. The highest BCUT2D eigenvalue weighted by molar-refractivity contribution is 5.89. The highest BCUT2D eigenvalue weighted by atomic mass is 35.5. The highest BCUT2D eigenvalue weighted by Crippen LogP contribution is 2.32. The summed E-state index contributed by atoms with van der Waals surface area (Å²) in [6, 6.07) is 13.9. The molecule has 0 spiro atoms. The van der Waals surface area contributed by atoms with Crippen LogP contribution < -0.4 is 4.90 Å². The van der Waals surface area contributed by atoms with Gasteiger partial charge in [-0.3, -0.25) is 0 Å². The summed E-state index contributed by atoms with van der Waals surface area (Å²) >= 11 is 0. The Hall–Kier alpha value is -2.89. The monoisotopic (exact) mass is 475 g/mol. The second-order valence-electron chi connectivity index (χ2n) is 8.33. The average Bonchev–Trinajstić information content (AvgIpc) is 2.78. The first-order valence-electron chi connectivity index (χ1n) is 10.6. The molecular weight excluding hydrogens is 451 g/mol. The predicted octanol–water partition coefficient (Wildman–Crippen LogP) is 5.29. The van der Waals surface area contributed by atoms with E-state index in [-0.39, 0.29) is 12.4 Å². The van der Waals surface area contributed by atoms with Crippen LogP contribution in [0.25, 0.3) is 10.9 Å². The number of fused-ring (bicyclic) bond motifs is 1. The minimum Gasteiger partial charge on any atom is -0.356 e. The first-order valence-corrected chi connectivity index (χ1v) is 10.6. The number of nitriles is 1. The van der Waals surface area contributed by atoms with Crippen LogP contribution in [0, 0.1) is 17.2 Å². The van der Waals surface area contributed by atoms with Gasteiger partial charge < -0.3 is 9.80 Å². The van der Waals surface area contributed by atoms with E-state index in [0.717, 1.165) is 50.7 Å². The molecule has 0 amide bonds. The minimum absolute atomic E-state index is 0. The van der Waals surface area contributed by atoms with E-state index in [1.165, 1.54) is 18.3 Å². The normalized spacial score (nSPS) is 14.8. The summed E-state index contributed by atoms with van der Waals surface area (Å²) in [6.45, 7) is 3.34. The molecule has 3 heterocycles. The molecule has 0 unspecified atom stereocenters. The Morgan fingerprint density at radius 2 is 1.91 bits per heavy atom. The predicted molar refractivity (Wildman–Crippen MR) is 124 cm³/mol. The fourth-order valence-corrected chi connectivity index (χ4v) is 4.33. The van der Waals surface area contributed by atoms with Gasteiger partial charge in [-0.1, -0.05) is 12.1 Å². The largest absolute Gasteiger partial charge is 0.433 e. The van der Waals surface area contributed by atoms with Gasteiger partial charge in [0, 0.05) is 37.8 Å². The number of anilines is 1. The van der Waals surface area contributed by atoms with Crippen LogP contribution in [0.15, 0.2) is 48.7 Å². The third-order valence-electron chi connectivity index (χ3n) is 5.88. The van der Waals surface area contributed by atoms with E-state index in [2.05, 4.69) is 32.9 Å². The summed E-state index contributed by atoms with van der Waals surface area (Å²) in [5.41, 5.74) is 1.22. The van der Waals surface area contributed by atoms with Crippen LogP contribution in [0.3, 0.4) is 0 Å². The second kappa shape index (κ2) is 10.4. The van der Waals surface area contributed by atoms with Crippen LogP contribution >= 0.6 is 12.4 Å². The van der Waals surface area contributed by atoms with Gasteiger partial charge in [-0.2, -0.15) is 18.4 Å². The molecule has 1 fully saturated rings. The first kappa shape index (κ1) is 24.7. The lowest BCUT2D eigenvalue weighted by Gasteiger charge is -2.35. The molecule has 174 valence electrons. The number of hydrogen-bond donors (Lipinski definition) is 0. The van der Waals surface area contributed by atoms with Crippen molar-refractivity contribution in [2.75, 3.05) is 31.6 Å². The minimum atomic E-state index is -4.46. The number of halogens is 4. The van der Waals surface area contributed by atoms with Gasteiger partial charge in [0.05, 0.1) is 17.1 Å². The topological polar surface area (TPSA) is 56.1 Å². The highest BCUT2D eigenvalue weighted by Gasteiger charge is 2.33. The Labute approximate surface area is 197 Å². The van der Waals surface area contributed by atoms with Gasteiger partial charge >= 0.3 is 6.18 Å². The van der Waals surface area contributed by atoms with Crippen molar-refractivity contribution in [1.82, 2.24) is 14.9 Å². The van der Waals surface area contributed by atoms with E-state index in [0.29, 0.717) is 28.2 Å². The standard InChI is InChI=1S/C24H24F3N5.ClH/c1-31(16-19-4-2-3-18(13-19)14-28)15-17-8-11-32(12-9-17)23-20-5-6-22(24(25,26)27)30-21(20)7-10-29-23;/h2-7,10,13,17H,8-9,11-12,15-16H2,1H3;1H. The zero-order valence-electron chi connectivity index (χ0n) is 18.2. The molecule has 9 heteroatoms. The molecule has 3 aromatic rings. The summed E-state index contributed by atoms with van der Waals surface area (Å²) in [7, 11) is 2.08. The van der Waals surface area contributed by atoms with Gasteiger partial charge in [0.15, 0.2) is 0 Å². The summed E-state index contributed by atoms with van der Waals surface area (Å²) in [5.74, 6) is 1.23. The quantitative estimate of drug-likeness (QED) is 0.502. The van der Waals surface area contributed by atoms with Crippen molar-refractivity contribution in [2.45, 2.75) is 25.6 Å². The maximum atomic E-state index is 13.0. The molecule has 0 saturated carbocycles. The Bertz CT molecular complexity index is 1140. The Kier molecular flexibility index (Phi) is 7.77. The van der Waals surface area contributed by atoms with Crippen molar-refractivity contribution in [3.63, 3.8) is 0 Å². The lowest BCUT2D eigenvalue weighted by atomic mass is 9.96. The van der Waals surface area contributed by atoms with Crippen molar-refractivity contribution < 1.29 is 13.2 Å². The van der Waals surface area contributed by atoms with E-state index >= 15 is 0 Å². The number of alkyl halides is 3. The van der Waals surface area contributed by atoms with Gasteiger partial charge in [0.25, 0.3) is 0 Å². The van der Waals surface area contributed by atoms with Crippen molar-refractivity contribution >= 4 is 29.1 Å². The summed E-state index contributed by atoms with van der Waals surface area (Å²) in [5, 5.41) is 9.71. The Balaban J connectivity index is 0.00000306. The number of aromatic nitrogens is 2. The third-order valence-corrected chi connectivity index (χ3v) is 5.88. The molecule has 1 aromatic carbocycles. The van der Waals surface area contributed by atoms with Gasteiger partial charge in [-0.25, -0.2) is 9.97 Å². The number of rotatable bonds is 5. The zero-order chi connectivity index (χ0) is 22.7. The molecule has 0 radical (unpaired) electrons. The number of hydrogen-bond acceptors (Lipinski definition) is 5. The maximum absolute atomic E-state index is 13.0. The van der Waals surface area contributed by atoms with Crippen LogP contribution in [-0.2, 0) is 12.7 Å². The van der Waals surface area contributed by atoms with Gasteiger partial charge in [0.1, 0.15) is 11.5 Å². The van der Waals surface area contributed by atoms with E-state index < -0.39 is 11.9 Å². The van der Waals surface area contributed by atoms with Crippen LogP contribution in [0.2, 0.25) is 0 Å². The zero-order valence-corrected chi connectivity index (χ0v) is 19.0. The molecular formula is C24H25ClF3N5. The van der Waals surface area contributed by atoms with Crippen LogP contribution in [0.5, 0.6) is 0 Å².